The molecule has 1 aromatic carbocycles. The molecule has 0 spiro atoms. The second kappa shape index (κ2) is 8.25. The lowest BCUT2D eigenvalue weighted by atomic mass is 9.90. The summed E-state index contributed by atoms with van der Waals surface area (Å²) in [6, 6.07) is 9.91. The number of carbonyl (C=O) groups excluding carboxylic acids is 1. The van der Waals surface area contributed by atoms with Crippen molar-refractivity contribution in [2.45, 2.75) is 32.7 Å². The first kappa shape index (κ1) is 18.3. The van der Waals surface area contributed by atoms with Crippen LogP contribution in [-0.2, 0) is 13.0 Å². The molecule has 1 aliphatic heterocycles. The van der Waals surface area contributed by atoms with E-state index in [2.05, 4.69) is 10.3 Å². The van der Waals surface area contributed by atoms with Crippen LogP contribution in [0.25, 0.3) is 0 Å². The van der Waals surface area contributed by atoms with Crippen LogP contribution in [0.2, 0.25) is 0 Å². The minimum atomic E-state index is -0.802. The molecule has 1 saturated heterocycles. The molecule has 6 heteroatoms. The minimum absolute atomic E-state index is 0.108. The van der Waals surface area contributed by atoms with Crippen LogP contribution in [0.5, 0.6) is 0 Å². The smallest absolute Gasteiger partial charge is 0.317 e. The standard InChI is InChI=1S/C20H23F2N3O/c1-14-4-2-6-17(24-14)13-23-20(26)25-10-8-15(9-11-25)12-16-5-3-7-18(21)19(16)22/h2-7,15H,8-13H2,1H3,(H,23,26). The number of likely N-dealkylation sites (tertiary alicyclic amines) is 1. The zero-order valence-electron chi connectivity index (χ0n) is 14.8. The minimum Gasteiger partial charge on any atom is -0.332 e. The lowest BCUT2D eigenvalue weighted by Crippen LogP contribution is -2.44. The van der Waals surface area contributed by atoms with E-state index >= 15 is 0 Å². The molecule has 0 radical (unpaired) electrons. The van der Waals surface area contributed by atoms with Gasteiger partial charge in [0.05, 0.1) is 12.2 Å². The fourth-order valence-corrected chi connectivity index (χ4v) is 3.33. The molecule has 2 heterocycles. The Morgan fingerprint density at radius 3 is 2.65 bits per heavy atom. The van der Waals surface area contributed by atoms with Crippen LogP contribution >= 0.6 is 0 Å². The van der Waals surface area contributed by atoms with Crippen LogP contribution in [0.1, 0.15) is 29.8 Å². The molecule has 1 aromatic heterocycles. The molecular weight excluding hydrogens is 336 g/mol. The monoisotopic (exact) mass is 359 g/mol. The predicted molar refractivity (Wildman–Crippen MR) is 95.6 cm³/mol. The third-order valence-electron chi connectivity index (χ3n) is 4.81. The molecule has 0 atom stereocenters. The molecule has 1 fully saturated rings. The van der Waals surface area contributed by atoms with Crippen molar-refractivity contribution < 1.29 is 13.6 Å². The van der Waals surface area contributed by atoms with Crippen molar-refractivity contribution in [3.63, 3.8) is 0 Å². The van der Waals surface area contributed by atoms with E-state index in [1.807, 2.05) is 25.1 Å². The summed E-state index contributed by atoms with van der Waals surface area (Å²) in [6.07, 6.45) is 2.07. The Morgan fingerprint density at radius 1 is 1.19 bits per heavy atom. The molecule has 0 unspecified atom stereocenters. The van der Waals surface area contributed by atoms with Crippen molar-refractivity contribution in [2.75, 3.05) is 13.1 Å². The van der Waals surface area contributed by atoms with Crippen LogP contribution in [0.4, 0.5) is 13.6 Å². The topological polar surface area (TPSA) is 45.2 Å². The van der Waals surface area contributed by atoms with E-state index in [-0.39, 0.29) is 11.9 Å². The molecule has 2 aromatic rings. The largest absolute Gasteiger partial charge is 0.332 e. The molecule has 0 aliphatic carbocycles. The van der Waals surface area contributed by atoms with Crippen LogP contribution in [0.15, 0.2) is 36.4 Å². The summed E-state index contributed by atoms with van der Waals surface area (Å²) in [7, 11) is 0. The van der Waals surface area contributed by atoms with Gasteiger partial charge in [-0.15, -0.1) is 0 Å². The van der Waals surface area contributed by atoms with Gasteiger partial charge in [-0.2, -0.15) is 0 Å². The summed E-state index contributed by atoms with van der Waals surface area (Å²) in [5, 5.41) is 2.89. The average molecular weight is 359 g/mol. The van der Waals surface area contributed by atoms with Gasteiger partial charge in [0.15, 0.2) is 11.6 Å². The number of carbonyl (C=O) groups is 1. The molecular formula is C20H23F2N3O. The third-order valence-corrected chi connectivity index (χ3v) is 4.81. The molecule has 138 valence electrons. The van der Waals surface area contributed by atoms with Crippen molar-refractivity contribution in [1.82, 2.24) is 15.2 Å². The number of aryl methyl sites for hydroxylation is 1. The van der Waals surface area contributed by atoms with Crippen molar-refractivity contribution in [3.8, 4) is 0 Å². The summed E-state index contributed by atoms with van der Waals surface area (Å²) in [5.41, 5.74) is 2.16. The van der Waals surface area contributed by atoms with Crippen molar-refractivity contribution >= 4 is 6.03 Å². The normalized spacial score (nSPS) is 15.1. The lowest BCUT2D eigenvalue weighted by Gasteiger charge is -2.32. The third kappa shape index (κ3) is 4.56. The van der Waals surface area contributed by atoms with Gasteiger partial charge in [-0.1, -0.05) is 18.2 Å². The molecule has 1 aliphatic rings. The number of aromatic nitrogens is 1. The summed E-state index contributed by atoms with van der Waals surface area (Å²) in [4.78, 5) is 18.4. The molecule has 4 nitrogen and oxygen atoms in total. The van der Waals surface area contributed by atoms with E-state index < -0.39 is 11.6 Å². The number of nitrogens with zero attached hydrogens (tertiary/aromatic N) is 2. The summed E-state index contributed by atoms with van der Waals surface area (Å²) in [6.45, 7) is 3.55. The zero-order valence-corrected chi connectivity index (χ0v) is 14.8. The maximum atomic E-state index is 13.8. The van der Waals surface area contributed by atoms with Crippen molar-refractivity contribution in [3.05, 3.63) is 65.0 Å². The Kier molecular flexibility index (Phi) is 5.81. The van der Waals surface area contributed by atoms with E-state index in [0.717, 1.165) is 30.3 Å². The lowest BCUT2D eigenvalue weighted by molar-refractivity contribution is 0.169. The highest BCUT2D eigenvalue weighted by molar-refractivity contribution is 5.74. The van der Waals surface area contributed by atoms with Gasteiger partial charge < -0.3 is 10.2 Å². The Labute approximate surface area is 152 Å². The number of benzene rings is 1. The summed E-state index contributed by atoms with van der Waals surface area (Å²) < 4.78 is 27.1. The second-order valence-electron chi connectivity index (χ2n) is 6.78. The first-order chi connectivity index (χ1) is 12.5. The predicted octanol–water partition coefficient (Wildman–Crippen LogP) is 3.83. The van der Waals surface area contributed by atoms with Gasteiger partial charge in [0.2, 0.25) is 0 Å². The number of pyridine rings is 1. The molecule has 0 bridgehead atoms. The number of hydrogen-bond donors (Lipinski definition) is 1. The maximum absolute atomic E-state index is 13.8. The number of piperidine rings is 1. The first-order valence-corrected chi connectivity index (χ1v) is 8.91. The van der Waals surface area contributed by atoms with Crippen molar-refractivity contribution in [1.29, 1.82) is 0 Å². The van der Waals surface area contributed by atoms with Gasteiger partial charge >= 0.3 is 6.03 Å². The van der Waals surface area contributed by atoms with E-state index in [9.17, 15) is 13.6 Å². The van der Waals surface area contributed by atoms with E-state index in [1.165, 1.54) is 6.07 Å². The van der Waals surface area contributed by atoms with Gasteiger partial charge in [0.1, 0.15) is 0 Å². The van der Waals surface area contributed by atoms with E-state index in [1.54, 1.807) is 11.0 Å². The molecule has 2 amide bonds. The second-order valence-corrected chi connectivity index (χ2v) is 6.78. The Bertz CT molecular complexity index is 773. The quantitative estimate of drug-likeness (QED) is 0.902. The average Bonchev–Trinajstić information content (AvgIpc) is 2.64. The number of rotatable bonds is 4. The molecule has 1 N–H and O–H groups in total. The van der Waals surface area contributed by atoms with Crippen LogP contribution in [0, 0.1) is 24.5 Å². The Morgan fingerprint density at radius 2 is 1.92 bits per heavy atom. The Balaban J connectivity index is 1.47. The van der Waals surface area contributed by atoms with Crippen LogP contribution in [0.3, 0.4) is 0 Å². The fraction of sp³-hybridized carbons (Fsp3) is 0.400. The van der Waals surface area contributed by atoms with E-state index in [0.29, 0.717) is 31.6 Å². The van der Waals surface area contributed by atoms with E-state index in [4.69, 9.17) is 0 Å². The molecule has 0 saturated carbocycles. The molecule has 26 heavy (non-hydrogen) atoms. The number of hydrogen-bond acceptors (Lipinski definition) is 2. The highest BCUT2D eigenvalue weighted by Gasteiger charge is 2.24. The number of amides is 2. The molecule has 3 rings (SSSR count). The Hall–Kier alpha value is -2.50. The number of halogens is 2. The fourth-order valence-electron chi connectivity index (χ4n) is 3.33. The van der Waals surface area contributed by atoms with Gasteiger partial charge in [-0.05, 0) is 55.9 Å². The zero-order chi connectivity index (χ0) is 18.5. The SMILES string of the molecule is Cc1cccc(CNC(=O)N2CCC(Cc3cccc(F)c3F)CC2)n1. The number of urea groups is 1. The van der Waals surface area contributed by atoms with Crippen LogP contribution < -0.4 is 5.32 Å². The van der Waals surface area contributed by atoms with Crippen molar-refractivity contribution in [2.24, 2.45) is 5.92 Å². The van der Waals surface area contributed by atoms with Gasteiger partial charge in [0, 0.05) is 18.8 Å². The van der Waals surface area contributed by atoms with Crippen LogP contribution in [-0.4, -0.2) is 29.0 Å². The summed E-state index contributed by atoms with van der Waals surface area (Å²) >= 11 is 0. The van der Waals surface area contributed by atoms with Gasteiger partial charge in [-0.3, -0.25) is 4.98 Å². The van der Waals surface area contributed by atoms with Gasteiger partial charge in [0.25, 0.3) is 0 Å². The first-order valence-electron chi connectivity index (χ1n) is 8.91. The van der Waals surface area contributed by atoms with Gasteiger partial charge in [-0.25, -0.2) is 13.6 Å². The highest BCUT2D eigenvalue weighted by atomic mass is 19.2. The number of nitrogens with one attached hydrogen (secondary N) is 1. The maximum Gasteiger partial charge on any atom is 0.317 e. The summed E-state index contributed by atoms with van der Waals surface area (Å²) in [5.74, 6) is -1.30. The highest BCUT2D eigenvalue weighted by Crippen LogP contribution is 2.24.